The maximum absolute atomic E-state index is 4.76. The van der Waals surface area contributed by atoms with Gasteiger partial charge < -0.3 is 5.32 Å². The molecule has 0 bridgehead atoms. The summed E-state index contributed by atoms with van der Waals surface area (Å²) in [4.78, 5) is 9.34. The Morgan fingerprint density at radius 3 is 2.25 bits per heavy atom. The Morgan fingerprint density at radius 2 is 1.70 bits per heavy atom. The highest BCUT2D eigenvalue weighted by molar-refractivity contribution is 5.66. The number of nitrogens with zero attached hydrogens (tertiary/aromatic N) is 2. The molecule has 0 saturated heterocycles. The van der Waals surface area contributed by atoms with Crippen molar-refractivity contribution in [3.63, 3.8) is 0 Å². The van der Waals surface area contributed by atoms with Crippen LogP contribution in [0.2, 0.25) is 0 Å². The van der Waals surface area contributed by atoms with Gasteiger partial charge in [-0.2, -0.15) is 0 Å². The number of hydrogen-bond acceptors (Lipinski definition) is 3. The molecule has 3 heteroatoms. The highest BCUT2D eigenvalue weighted by atomic mass is 15.0. The van der Waals surface area contributed by atoms with Gasteiger partial charge in [0.15, 0.2) is 0 Å². The SMILES string of the molecule is CNc1cc(-c2ccc(C)cc2C)nc(C(C)(C)C)n1. The smallest absolute Gasteiger partial charge is 0.136 e. The molecule has 1 heterocycles. The third kappa shape index (κ3) is 2.98. The zero-order valence-corrected chi connectivity index (χ0v) is 13.2. The normalized spacial score (nSPS) is 11.5. The maximum atomic E-state index is 4.76. The van der Waals surface area contributed by atoms with E-state index in [1.54, 1.807) is 0 Å². The van der Waals surface area contributed by atoms with E-state index in [0.717, 1.165) is 17.3 Å². The molecule has 1 aromatic heterocycles. The average Bonchev–Trinajstić information content (AvgIpc) is 2.37. The van der Waals surface area contributed by atoms with Crippen LogP contribution in [0.3, 0.4) is 0 Å². The summed E-state index contributed by atoms with van der Waals surface area (Å²) in [6.07, 6.45) is 0. The Kier molecular flexibility index (Phi) is 3.80. The van der Waals surface area contributed by atoms with Crippen molar-refractivity contribution in [3.8, 4) is 11.3 Å². The number of nitrogens with one attached hydrogen (secondary N) is 1. The van der Waals surface area contributed by atoms with Crippen LogP contribution in [0.5, 0.6) is 0 Å². The van der Waals surface area contributed by atoms with Crippen molar-refractivity contribution in [2.45, 2.75) is 40.0 Å². The average molecular weight is 269 g/mol. The molecule has 0 aliphatic rings. The Labute approximate surface area is 121 Å². The van der Waals surface area contributed by atoms with Gasteiger partial charge in [-0.15, -0.1) is 0 Å². The van der Waals surface area contributed by atoms with E-state index in [2.05, 4.69) is 63.1 Å². The summed E-state index contributed by atoms with van der Waals surface area (Å²) in [7, 11) is 1.89. The highest BCUT2D eigenvalue weighted by Crippen LogP contribution is 2.27. The van der Waals surface area contributed by atoms with Gasteiger partial charge >= 0.3 is 0 Å². The summed E-state index contributed by atoms with van der Waals surface area (Å²) in [6, 6.07) is 8.46. The molecule has 20 heavy (non-hydrogen) atoms. The van der Waals surface area contributed by atoms with E-state index in [1.165, 1.54) is 16.7 Å². The number of aromatic nitrogens is 2. The minimum atomic E-state index is -0.0692. The number of aryl methyl sites for hydroxylation is 2. The van der Waals surface area contributed by atoms with Gasteiger partial charge in [-0.1, -0.05) is 44.5 Å². The van der Waals surface area contributed by atoms with E-state index in [9.17, 15) is 0 Å². The first-order valence-electron chi connectivity index (χ1n) is 6.96. The van der Waals surface area contributed by atoms with Crippen LogP contribution in [0.15, 0.2) is 24.3 Å². The van der Waals surface area contributed by atoms with Crippen LogP contribution in [0, 0.1) is 13.8 Å². The molecule has 0 radical (unpaired) electrons. The van der Waals surface area contributed by atoms with Crippen molar-refractivity contribution in [2.24, 2.45) is 0 Å². The van der Waals surface area contributed by atoms with Gasteiger partial charge in [0.05, 0.1) is 5.69 Å². The summed E-state index contributed by atoms with van der Waals surface area (Å²) >= 11 is 0. The second-order valence-electron chi connectivity index (χ2n) is 6.28. The van der Waals surface area contributed by atoms with Gasteiger partial charge in [0.25, 0.3) is 0 Å². The Hall–Kier alpha value is -1.90. The van der Waals surface area contributed by atoms with Crippen LogP contribution >= 0.6 is 0 Å². The summed E-state index contributed by atoms with van der Waals surface area (Å²) in [5.74, 6) is 1.72. The van der Waals surface area contributed by atoms with Gasteiger partial charge in [0.1, 0.15) is 11.6 Å². The van der Waals surface area contributed by atoms with E-state index in [1.807, 2.05) is 13.1 Å². The summed E-state index contributed by atoms with van der Waals surface area (Å²) < 4.78 is 0. The van der Waals surface area contributed by atoms with Crippen LogP contribution in [0.25, 0.3) is 11.3 Å². The van der Waals surface area contributed by atoms with Crippen molar-refractivity contribution in [3.05, 3.63) is 41.2 Å². The molecule has 0 spiro atoms. The number of benzene rings is 1. The maximum Gasteiger partial charge on any atom is 0.136 e. The third-order valence-electron chi connectivity index (χ3n) is 3.31. The molecule has 0 saturated carbocycles. The summed E-state index contributed by atoms with van der Waals surface area (Å²) in [6.45, 7) is 10.6. The van der Waals surface area contributed by atoms with Crippen LogP contribution in [0.4, 0.5) is 5.82 Å². The largest absolute Gasteiger partial charge is 0.373 e. The molecule has 2 aromatic rings. The monoisotopic (exact) mass is 269 g/mol. The minimum absolute atomic E-state index is 0.0692. The second-order valence-corrected chi connectivity index (χ2v) is 6.28. The second kappa shape index (κ2) is 5.23. The fourth-order valence-corrected chi connectivity index (χ4v) is 2.15. The minimum Gasteiger partial charge on any atom is -0.373 e. The van der Waals surface area contributed by atoms with E-state index in [0.29, 0.717) is 0 Å². The predicted octanol–water partition coefficient (Wildman–Crippen LogP) is 4.10. The highest BCUT2D eigenvalue weighted by Gasteiger charge is 2.19. The number of hydrogen-bond donors (Lipinski definition) is 1. The number of rotatable bonds is 2. The van der Waals surface area contributed by atoms with Gasteiger partial charge in [-0.3, -0.25) is 0 Å². The Morgan fingerprint density at radius 1 is 1.00 bits per heavy atom. The summed E-state index contributed by atoms with van der Waals surface area (Å²) in [5, 5.41) is 3.13. The van der Waals surface area contributed by atoms with Gasteiger partial charge in [0, 0.05) is 24.1 Å². The molecular formula is C17H23N3. The number of anilines is 1. The fourth-order valence-electron chi connectivity index (χ4n) is 2.15. The van der Waals surface area contributed by atoms with E-state index in [4.69, 9.17) is 4.98 Å². The van der Waals surface area contributed by atoms with Crippen LogP contribution in [-0.2, 0) is 5.41 Å². The van der Waals surface area contributed by atoms with Crippen molar-refractivity contribution < 1.29 is 0 Å². The molecular weight excluding hydrogens is 246 g/mol. The lowest BCUT2D eigenvalue weighted by Crippen LogP contribution is -2.17. The molecule has 1 N–H and O–H groups in total. The molecule has 0 amide bonds. The third-order valence-corrected chi connectivity index (χ3v) is 3.31. The Balaban J connectivity index is 2.61. The quantitative estimate of drug-likeness (QED) is 0.892. The van der Waals surface area contributed by atoms with Gasteiger partial charge in [0.2, 0.25) is 0 Å². The predicted molar refractivity (Wildman–Crippen MR) is 85.2 cm³/mol. The van der Waals surface area contributed by atoms with Crippen molar-refractivity contribution >= 4 is 5.82 Å². The molecule has 0 aliphatic heterocycles. The van der Waals surface area contributed by atoms with Gasteiger partial charge in [-0.05, 0) is 19.4 Å². The van der Waals surface area contributed by atoms with Crippen molar-refractivity contribution in [1.82, 2.24) is 9.97 Å². The molecule has 0 aliphatic carbocycles. The lowest BCUT2D eigenvalue weighted by atomic mass is 9.95. The first kappa shape index (κ1) is 14.5. The van der Waals surface area contributed by atoms with E-state index in [-0.39, 0.29) is 5.41 Å². The molecule has 0 unspecified atom stereocenters. The molecule has 3 nitrogen and oxygen atoms in total. The van der Waals surface area contributed by atoms with E-state index < -0.39 is 0 Å². The van der Waals surface area contributed by atoms with Crippen LogP contribution < -0.4 is 5.32 Å². The van der Waals surface area contributed by atoms with Crippen molar-refractivity contribution in [1.29, 1.82) is 0 Å². The lowest BCUT2D eigenvalue weighted by Gasteiger charge is -2.19. The zero-order valence-electron chi connectivity index (χ0n) is 13.2. The summed E-state index contributed by atoms with van der Waals surface area (Å²) in [5.41, 5.74) is 4.59. The molecule has 106 valence electrons. The first-order valence-corrected chi connectivity index (χ1v) is 6.96. The zero-order chi connectivity index (χ0) is 14.9. The van der Waals surface area contributed by atoms with Crippen molar-refractivity contribution in [2.75, 3.05) is 12.4 Å². The fraction of sp³-hybridized carbons (Fsp3) is 0.412. The Bertz CT molecular complexity index is 625. The molecule has 0 atom stereocenters. The topological polar surface area (TPSA) is 37.8 Å². The molecule has 0 fully saturated rings. The standard InChI is InChI=1S/C17H23N3/c1-11-7-8-13(12(2)9-11)14-10-15(18-6)20-16(19-14)17(3,4)5/h7-10H,1-6H3,(H,18,19,20). The van der Waals surface area contributed by atoms with E-state index >= 15 is 0 Å². The van der Waals surface area contributed by atoms with Crippen LogP contribution in [-0.4, -0.2) is 17.0 Å². The lowest BCUT2D eigenvalue weighted by molar-refractivity contribution is 0.547. The first-order chi connectivity index (χ1) is 9.31. The molecule has 2 rings (SSSR count). The molecule has 1 aromatic carbocycles. The van der Waals surface area contributed by atoms with Crippen LogP contribution in [0.1, 0.15) is 37.7 Å². The van der Waals surface area contributed by atoms with Gasteiger partial charge in [-0.25, -0.2) is 9.97 Å².